The molecule has 1 aliphatic rings. The van der Waals surface area contributed by atoms with Crippen molar-refractivity contribution >= 4 is 33.4 Å². The summed E-state index contributed by atoms with van der Waals surface area (Å²) in [6.45, 7) is 1.44. The SMILES string of the molecule is CN(C(=O)[C@@H](Cc1ccc2ccccc2c1)NC(=O)C1CCNCC1)C(CO)Cc1ccc2ccccc2c1. The highest BCUT2D eigenvalue weighted by Crippen LogP contribution is 2.21. The Balaban J connectivity index is 1.36. The molecule has 2 atom stereocenters. The molecule has 2 amide bonds. The Morgan fingerprint density at radius 3 is 1.95 bits per heavy atom. The van der Waals surface area contributed by atoms with E-state index in [1.165, 1.54) is 0 Å². The van der Waals surface area contributed by atoms with Gasteiger partial charge in [0.15, 0.2) is 0 Å². The molecule has 39 heavy (non-hydrogen) atoms. The average molecular weight is 524 g/mol. The number of piperidine rings is 1. The van der Waals surface area contributed by atoms with E-state index < -0.39 is 12.1 Å². The van der Waals surface area contributed by atoms with Crippen molar-refractivity contribution in [2.75, 3.05) is 26.7 Å². The van der Waals surface area contributed by atoms with Gasteiger partial charge in [-0.1, -0.05) is 84.9 Å². The van der Waals surface area contributed by atoms with Crippen LogP contribution in [0.4, 0.5) is 0 Å². The molecule has 0 aliphatic carbocycles. The average Bonchev–Trinajstić information content (AvgIpc) is 2.99. The summed E-state index contributed by atoms with van der Waals surface area (Å²) in [5.74, 6) is -0.362. The molecular formula is C33H37N3O3. The minimum atomic E-state index is -0.718. The van der Waals surface area contributed by atoms with Crippen LogP contribution in [0.5, 0.6) is 0 Å². The lowest BCUT2D eigenvalue weighted by atomic mass is 9.95. The fourth-order valence-corrected chi connectivity index (χ4v) is 5.56. The summed E-state index contributed by atoms with van der Waals surface area (Å²) >= 11 is 0. The molecule has 1 unspecified atom stereocenters. The van der Waals surface area contributed by atoms with Crippen molar-refractivity contribution in [1.82, 2.24) is 15.5 Å². The predicted molar refractivity (Wildman–Crippen MR) is 156 cm³/mol. The lowest BCUT2D eigenvalue weighted by molar-refractivity contribution is -0.138. The highest BCUT2D eigenvalue weighted by Gasteiger charge is 2.31. The quantitative estimate of drug-likeness (QED) is 0.309. The number of benzene rings is 4. The Morgan fingerprint density at radius 2 is 1.38 bits per heavy atom. The molecule has 6 nitrogen and oxygen atoms in total. The topological polar surface area (TPSA) is 81.7 Å². The summed E-state index contributed by atoms with van der Waals surface area (Å²) in [7, 11) is 1.73. The Bertz CT molecular complexity index is 1450. The fraction of sp³-hybridized carbons (Fsp3) is 0.333. The van der Waals surface area contributed by atoms with E-state index in [1.807, 2.05) is 30.3 Å². The Morgan fingerprint density at radius 1 is 0.846 bits per heavy atom. The monoisotopic (exact) mass is 523 g/mol. The number of hydrogen-bond acceptors (Lipinski definition) is 4. The molecule has 3 N–H and O–H groups in total. The van der Waals surface area contributed by atoms with Crippen LogP contribution in [-0.4, -0.2) is 60.6 Å². The van der Waals surface area contributed by atoms with Crippen LogP contribution in [0.25, 0.3) is 21.5 Å². The number of rotatable bonds is 9. The summed E-state index contributed by atoms with van der Waals surface area (Å²) in [4.78, 5) is 28.8. The number of fused-ring (bicyclic) bond motifs is 2. The third-order valence-corrected chi connectivity index (χ3v) is 7.97. The van der Waals surface area contributed by atoms with Crippen LogP contribution < -0.4 is 10.6 Å². The molecule has 1 fully saturated rings. The third-order valence-electron chi connectivity index (χ3n) is 7.97. The van der Waals surface area contributed by atoms with Crippen molar-refractivity contribution in [2.24, 2.45) is 5.92 Å². The highest BCUT2D eigenvalue weighted by molar-refractivity contribution is 5.89. The predicted octanol–water partition coefficient (Wildman–Crippen LogP) is 4.08. The number of aliphatic hydroxyl groups is 1. The van der Waals surface area contributed by atoms with Gasteiger partial charge in [-0.25, -0.2) is 0 Å². The van der Waals surface area contributed by atoms with Gasteiger partial charge in [-0.2, -0.15) is 0 Å². The zero-order valence-electron chi connectivity index (χ0n) is 22.5. The number of carbonyl (C=O) groups excluding carboxylic acids is 2. The second-order valence-corrected chi connectivity index (χ2v) is 10.6. The van der Waals surface area contributed by atoms with E-state index in [0.717, 1.165) is 58.6 Å². The van der Waals surface area contributed by atoms with Gasteiger partial charge in [0, 0.05) is 19.4 Å². The van der Waals surface area contributed by atoms with Gasteiger partial charge >= 0.3 is 0 Å². The molecule has 1 heterocycles. The van der Waals surface area contributed by atoms with E-state index in [1.54, 1.807) is 11.9 Å². The van der Waals surface area contributed by atoms with Gasteiger partial charge < -0.3 is 20.6 Å². The smallest absolute Gasteiger partial charge is 0.245 e. The van der Waals surface area contributed by atoms with Crippen molar-refractivity contribution < 1.29 is 14.7 Å². The van der Waals surface area contributed by atoms with Crippen molar-refractivity contribution in [3.05, 3.63) is 96.1 Å². The van der Waals surface area contributed by atoms with E-state index in [0.29, 0.717) is 12.8 Å². The number of hydrogen-bond donors (Lipinski definition) is 3. The zero-order chi connectivity index (χ0) is 27.2. The Hall–Kier alpha value is -3.74. The van der Waals surface area contributed by atoms with Gasteiger partial charge in [0.2, 0.25) is 11.8 Å². The molecule has 0 radical (unpaired) electrons. The molecule has 4 aromatic rings. The first-order chi connectivity index (χ1) is 19.0. The van der Waals surface area contributed by atoms with Gasteiger partial charge in [0.05, 0.1) is 12.6 Å². The molecule has 202 valence electrons. The van der Waals surface area contributed by atoms with Crippen LogP contribution in [-0.2, 0) is 22.4 Å². The van der Waals surface area contributed by atoms with E-state index >= 15 is 0 Å². The molecular weight excluding hydrogens is 486 g/mol. The number of carbonyl (C=O) groups is 2. The first-order valence-electron chi connectivity index (χ1n) is 13.9. The van der Waals surface area contributed by atoms with Crippen molar-refractivity contribution in [2.45, 2.75) is 37.8 Å². The van der Waals surface area contributed by atoms with Gasteiger partial charge in [0.1, 0.15) is 6.04 Å². The maximum absolute atomic E-state index is 13.9. The van der Waals surface area contributed by atoms with Crippen molar-refractivity contribution in [3.8, 4) is 0 Å². The minimum absolute atomic E-state index is 0.0703. The number of nitrogens with one attached hydrogen (secondary N) is 2. The third kappa shape index (κ3) is 6.47. The van der Waals surface area contributed by atoms with Crippen LogP contribution in [0, 0.1) is 5.92 Å². The molecule has 0 bridgehead atoms. The Labute approximate surface area is 230 Å². The molecule has 1 aliphatic heterocycles. The lowest BCUT2D eigenvalue weighted by Crippen LogP contribution is -2.54. The minimum Gasteiger partial charge on any atom is -0.394 e. The standard InChI is InChI=1S/C33H37N3O3/c1-36(30(22-37)20-23-10-12-25-6-2-4-8-28(25)18-23)33(39)31(35-32(38)27-14-16-34-17-15-27)21-24-11-13-26-7-3-5-9-29(26)19-24/h2-13,18-19,27,30-31,34,37H,14-17,20-22H2,1H3,(H,35,38)/t30?,31-/m1/s1. The zero-order valence-corrected chi connectivity index (χ0v) is 22.5. The van der Waals surface area contributed by atoms with Crippen LogP contribution in [0.3, 0.4) is 0 Å². The van der Waals surface area contributed by atoms with Gasteiger partial charge in [-0.15, -0.1) is 0 Å². The maximum atomic E-state index is 13.9. The van der Waals surface area contributed by atoms with Gasteiger partial charge in [-0.3, -0.25) is 9.59 Å². The van der Waals surface area contributed by atoms with Gasteiger partial charge in [-0.05, 0) is 65.0 Å². The summed E-state index contributed by atoms with van der Waals surface area (Å²) in [6.07, 6.45) is 2.44. The summed E-state index contributed by atoms with van der Waals surface area (Å²) < 4.78 is 0. The molecule has 0 saturated carbocycles. The van der Waals surface area contributed by atoms with E-state index in [-0.39, 0.29) is 24.3 Å². The van der Waals surface area contributed by atoms with E-state index in [9.17, 15) is 14.7 Å². The normalized spacial score (nSPS) is 15.6. The molecule has 4 aromatic carbocycles. The second kappa shape index (κ2) is 12.4. The van der Waals surface area contributed by atoms with E-state index in [2.05, 4.69) is 65.2 Å². The molecule has 0 spiro atoms. The van der Waals surface area contributed by atoms with Gasteiger partial charge in [0.25, 0.3) is 0 Å². The molecule has 1 saturated heterocycles. The number of nitrogens with zero attached hydrogens (tertiary/aromatic N) is 1. The number of amides is 2. The first kappa shape index (κ1) is 26.9. The molecule has 6 heteroatoms. The van der Waals surface area contributed by atoms with Crippen LogP contribution in [0.1, 0.15) is 24.0 Å². The van der Waals surface area contributed by atoms with Crippen LogP contribution in [0.2, 0.25) is 0 Å². The second-order valence-electron chi connectivity index (χ2n) is 10.6. The number of aliphatic hydroxyl groups excluding tert-OH is 1. The van der Waals surface area contributed by atoms with E-state index in [4.69, 9.17) is 0 Å². The summed E-state index contributed by atoms with van der Waals surface area (Å²) in [5, 5.41) is 21.2. The summed E-state index contributed by atoms with van der Waals surface area (Å²) in [5.41, 5.74) is 2.04. The highest BCUT2D eigenvalue weighted by atomic mass is 16.3. The fourth-order valence-electron chi connectivity index (χ4n) is 5.56. The molecule has 0 aromatic heterocycles. The summed E-state index contributed by atoms with van der Waals surface area (Å²) in [6, 6.07) is 27.6. The van der Waals surface area contributed by atoms with Crippen molar-refractivity contribution in [3.63, 3.8) is 0 Å². The largest absolute Gasteiger partial charge is 0.394 e. The Kier molecular flexibility index (Phi) is 8.54. The number of likely N-dealkylation sites (N-methyl/N-ethyl adjacent to an activating group) is 1. The lowest BCUT2D eigenvalue weighted by Gasteiger charge is -2.32. The molecule has 5 rings (SSSR count). The first-order valence-corrected chi connectivity index (χ1v) is 13.9. The van der Waals surface area contributed by atoms with Crippen molar-refractivity contribution in [1.29, 1.82) is 0 Å². The maximum Gasteiger partial charge on any atom is 0.245 e. The van der Waals surface area contributed by atoms with Crippen LogP contribution in [0.15, 0.2) is 84.9 Å². The van der Waals surface area contributed by atoms with Crippen LogP contribution >= 0.6 is 0 Å².